The Morgan fingerprint density at radius 2 is 1.33 bits per heavy atom. The molecule has 0 aromatic rings. The number of ketones is 3. The molecular formula is C9H10O3. The quantitative estimate of drug-likeness (QED) is 0.496. The summed E-state index contributed by atoms with van der Waals surface area (Å²) in [6.45, 7) is 0. The molecule has 12 heavy (non-hydrogen) atoms. The Morgan fingerprint density at radius 3 is 1.75 bits per heavy atom. The standard InChI is InChI=1S/C9H10O3/c10-6-2-1-5-9(6)7(11)3-4-8(9)12/h1-5H2. The molecule has 64 valence electrons. The number of hydrogen-bond donors (Lipinski definition) is 0. The minimum Gasteiger partial charge on any atom is -0.298 e. The van der Waals surface area contributed by atoms with E-state index in [1.165, 1.54) is 0 Å². The van der Waals surface area contributed by atoms with Crippen LogP contribution in [-0.2, 0) is 14.4 Å². The maximum Gasteiger partial charge on any atom is 0.154 e. The molecule has 0 aliphatic heterocycles. The van der Waals surface area contributed by atoms with Gasteiger partial charge in [-0.2, -0.15) is 0 Å². The van der Waals surface area contributed by atoms with Crippen molar-refractivity contribution in [3.63, 3.8) is 0 Å². The van der Waals surface area contributed by atoms with E-state index in [0.29, 0.717) is 19.3 Å². The van der Waals surface area contributed by atoms with Gasteiger partial charge >= 0.3 is 0 Å². The van der Waals surface area contributed by atoms with Crippen LogP contribution in [-0.4, -0.2) is 17.3 Å². The Morgan fingerprint density at radius 1 is 0.833 bits per heavy atom. The average Bonchev–Trinajstić information content (AvgIpc) is 2.53. The molecule has 0 atom stereocenters. The first-order valence-electron chi connectivity index (χ1n) is 4.28. The van der Waals surface area contributed by atoms with Crippen LogP contribution in [0.1, 0.15) is 32.1 Å². The molecule has 2 aliphatic rings. The third-order valence-electron chi connectivity index (χ3n) is 2.96. The molecule has 0 aromatic carbocycles. The van der Waals surface area contributed by atoms with Crippen LogP contribution in [0.4, 0.5) is 0 Å². The second-order valence-electron chi connectivity index (χ2n) is 3.53. The van der Waals surface area contributed by atoms with E-state index in [1.807, 2.05) is 0 Å². The first kappa shape index (κ1) is 7.65. The monoisotopic (exact) mass is 166 g/mol. The van der Waals surface area contributed by atoms with Crippen LogP contribution < -0.4 is 0 Å². The second kappa shape index (κ2) is 2.25. The van der Waals surface area contributed by atoms with E-state index >= 15 is 0 Å². The van der Waals surface area contributed by atoms with Crippen LogP contribution in [0.15, 0.2) is 0 Å². The molecule has 0 aromatic heterocycles. The molecule has 3 nitrogen and oxygen atoms in total. The molecule has 1 spiro atoms. The van der Waals surface area contributed by atoms with Crippen molar-refractivity contribution in [3.8, 4) is 0 Å². The summed E-state index contributed by atoms with van der Waals surface area (Å²) < 4.78 is 0. The highest BCUT2D eigenvalue weighted by molar-refractivity contribution is 6.28. The van der Waals surface area contributed by atoms with Crippen molar-refractivity contribution >= 4 is 17.3 Å². The van der Waals surface area contributed by atoms with Gasteiger partial charge in [0.1, 0.15) is 5.41 Å². The molecule has 2 rings (SSSR count). The van der Waals surface area contributed by atoms with Crippen molar-refractivity contribution in [2.24, 2.45) is 5.41 Å². The van der Waals surface area contributed by atoms with Gasteiger partial charge in [-0.1, -0.05) is 0 Å². The normalized spacial score (nSPS) is 27.5. The van der Waals surface area contributed by atoms with E-state index in [4.69, 9.17) is 0 Å². The SMILES string of the molecule is O=C1CCCC12C(=O)CCC2=O. The van der Waals surface area contributed by atoms with Crippen LogP contribution >= 0.6 is 0 Å². The zero-order valence-electron chi connectivity index (χ0n) is 6.76. The molecule has 2 aliphatic carbocycles. The Labute approximate surface area is 70.1 Å². The zero-order valence-corrected chi connectivity index (χ0v) is 6.76. The van der Waals surface area contributed by atoms with Gasteiger partial charge in [-0.25, -0.2) is 0 Å². The lowest BCUT2D eigenvalue weighted by atomic mass is 9.82. The predicted octanol–water partition coefficient (Wildman–Crippen LogP) is 0.658. The minimum absolute atomic E-state index is 0.130. The maximum absolute atomic E-state index is 11.4. The second-order valence-corrected chi connectivity index (χ2v) is 3.53. The van der Waals surface area contributed by atoms with Gasteiger partial charge in [0.25, 0.3) is 0 Å². The molecule has 0 bridgehead atoms. The lowest BCUT2D eigenvalue weighted by Gasteiger charge is -2.15. The van der Waals surface area contributed by atoms with Gasteiger partial charge in [0.05, 0.1) is 0 Å². The number of rotatable bonds is 0. The molecule has 0 radical (unpaired) electrons. The van der Waals surface area contributed by atoms with Gasteiger partial charge < -0.3 is 0 Å². The first-order valence-corrected chi connectivity index (χ1v) is 4.28. The van der Waals surface area contributed by atoms with E-state index in [9.17, 15) is 14.4 Å². The Balaban J connectivity index is 2.46. The van der Waals surface area contributed by atoms with Gasteiger partial charge in [0.15, 0.2) is 17.3 Å². The highest BCUT2D eigenvalue weighted by atomic mass is 16.2. The number of hydrogen-bond acceptors (Lipinski definition) is 3. The fourth-order valence-electron chi connectivity index (χ4n) is 2.27. The van der Waals surface area contributed by atoms with Crippen molar-refractivity contribution in [2.45, 2.75) is 32.1 Å². The van der Waals surface area contributed by atoms with E-state index in [-0.39, 0.29) is 30.2 Å². The average molecular weight is 166 g/mol. The summed E-state index contributed by atoms with van der Waals surface area (Å²) >= 11 is 0. The van der Waals surface area contributed by atoms with Crippen LogP contribution in [0.5, 0.6) is 0 Å². The summed E-state index contributed by atoms with van der Waals surface area (Å²) in [7, 11) is 0. The largest absolute Gasteiger partial charge is 0.298 e. The van der Waals surface area contributed by atoms with E-state index in [2.05, 4.69) is 0 Å². The molecule has 2 fully saturated rings. The van der Waals surface area contributed by atoms with E-state index in [0.717, 1.165) is 0 Å². The van der Waals surface area contributed by atoms with E-state index in [1.54, 1.807) is 0 Å². The molecular weight excluding hydrogens is 156 g/mol. The Hall–Kier alpha value is -0.990. The van der Waals surface area contributed by atoms with Gasteiger partial charge in [-0.15, -0.1) is 0 Å². The summed E-state index contributed by atoms with van der Waals surface area (Å²) in [5.74, 6) is -0.389. The zero-order chi connectivity index (χ0) is 8.77. The molecule has 0 N–H and O–H groups in total. The topological polar surface area (TPSA) is 51.2 Å². The molecule has 3 heteroatoms. The highest BCUT2D eigenvalue weighted by Gasteiger charge is 2.56. The third kappa shape index (κ3) is 0.687. The fraction of sp³-hybridized carbons (Fsp3) is 0.667. The number of Topliss-reactive ketones (excluding diaryl/α,β-unsaturated/α-hetero) is 3. The van der Waals surface area contributed by atoms with Gasteiger partial charge in [0, 0.05) is 19.3 Å². The minimum atomic E-state index is -1.15. The van der Waals surface area contributed by atoms with Crippen LogP contribution in [0.3, 0.4) is 0 Å². The summed E-state index contributed by atoms with van der Waals surface area (Å²) in [5, 5.41) is 0. The van der Waals surface area contributed by atoms with E-state index < -0.39 is 5.41 Å². The number of carbonyl (C=O) groups excluding carboxylic acids is 3. The van der Waals surface area contributed by atoms with Crippen LogP contribution in [0.2, 0.25) is 0 Å². The summed E-state index contributed by atoms with van der Waals surface area (Å²) in [4.78, 5) is 34.1. The van der Waals surface area contributed by atoms with Crippen molar-refractivity contribution < 1.29 is 14.4 Å². The van der Waals surface area contributed by atoms with Crippen LogP contribution in [0, 0.1) is 5.41 Å². The fourth-order valence-corrected chi connectivity index (χ4v) is 2.27. The summed E-state index contributed by atoms with van der Waals surface area (Å²) in [6.07, 6.45) is 2.16. The molecule has 0 saturated heterocycles. The van der Waals surface area contributed by atoms with Gasteiger partial charge in [-0.05, 0) is 12.8 Å². The third-order valence-corrected chi connectivity index (χ3v) is 2.96. The smallest absolute Gasteiger partial charge is 0.154 e. The Bertz CT molecular complexity index is 248. The predicted molar refractivity (Wildman–Crippen MR) is 40.5 cm³/mol. The van der Waals surface area contributed by atoms with Gasteiger partial charge in [-0.3, -0.25) is 14.4 Å². The maximum atomic E-state index is 11.4. The molecule has 0 unspecified atom stereocenters. The first-order chi connectivity index (χ1) is 5.68. The summed E-state index contributed by atoms with van der Waals surface area (Å²) in [5.41, 5.74) is -1.15. The molecule has 2 saturated carbocycles. The molecule has 0 heterocycles. The lowest BCUT2D eigenvalue weighted by molar-refractivity contribution is -0.142. The van der Waals surface area contributed by atoms with Crippen molar-refractivity contribution in [2.75, 3.05) is 0 Å². The number of carbonyl (C=O) groups is 3. The van der Waals surface area contributed by atoms with Crippen LogP contribution in [0.25, 0.3) is 0 Å². The highest BCUT2D eigenvalue weighted by Crippen LogP contribution is 2.42. The van der Waals surface area contributed by atoms with Crippen molar-refractivity contribution in [3.05, 3.63) is 0 Å². The van der Waals surface area contributed by atoms with Crippen molar-refractivity contribution in [1.82, 2.24) is 0 Å². The molecule has 0 amide bonds. The Kier molecular flexibility index (Phi) is 1.43. The van der Waals surface area contributed by atoms with Gasteiger partial charge in [0.2, 0.25) is 0 Å². The van der Waals surface area contributed by atoms with Crippen molar-refractivity contribution in [1.29, 1.82) is 0 Å². The summed E-state index contributed by atoms with van der Waals surface area (Å²) in [6, 6.07) is 0. The lowest BCUT2D eigenvalue weighted by Crippen LogP contribution is -2.36.